The molecule has 1 heterocycles. The van der Waals surface area contributed by atoms with Crippen molar-refractivity contribution < 1.29 is 4.43 Å². The van der Waals surface area contributed by atoms with Gasteiger partial charge in [-0.05, 0) is 49.5 Å². The highest BCUT2D eigenvalue weighted by atomic mass is 28.3. The van der Waals surface area contributed by atoms with Crippen molar-refractivity contribution >= 4 is 19.9 Å². The Morgan fingerprint density at radius 2 is 1.57 bits per heavy atom. The van der Waals surface area contributed by atoms with E-state index in [-0.39, 0.29) is 11.0 Å². The van der Waals surface area contributed by atoms with E-state index in [4.69, 9.17) is 9.41 Å². The second-order valence-electron chi connectivity index (χ2n) is 9.62. The fourth-order valence-electron chi connectivity index (χ4n) is 4.28. The van der Waals surface area contributed by atoms with Crippen molar-refractivity contribution in [2.24, 2.45) is 5.41 Å². The fourth-order valence-corrected chi connectivity index (χ4v) is 5.70. The molecule has 1 atom stereocenters. The summed E-state index contributed by atoms with van der Waals surface area (Å²) in [4.78, 5) is 4.80. The lowest BCUT2D eigenvalue weighted by Crippen LogP contribution is -2.45. The quantitative estimate of drug-likeness (QED) is 0.304. The number of pyridine rings is 1. The maximum Gasteiger partial charge on any atom is 0.172 e. The van der Waals surface area contributed by atoms with Gasteiger partial charge >= 0.3 is 0 Å². The number of hydrogen-bond donors (Lipinski definition) is 0. The molecule has 0 aliphatic carbocycles. The molecule has 0 saturated heterocycles. The maximum absolute atomic E-state index is 6.91. The third kappa shape index (κ3) is 5.67. The topological polar surface area (TPSA) is 22.1 Å². The molecule has 0 aliphatic heterocycles. The van der Waals surface area contributed by atoms with Crippen molar-refractivity contribution in [3.05, 3.63) is 41.6 Å². The van der Waals surface area contributed by atoms with Crippen molar-refractivity contribution in [1.82, 2.24) is 4.98 Å². The first-order valence-electron chi connectivity index (χ1n) is 11.3. The van der Waals surface area contributed by atoms with Crippen LogP contribution in [0.25, 0.3) is 10.9 Å². The van der Waals surface area contributed by atoms with Gasteiger partial charge in [0, 0.05) is 11.1 Å². The first kappa shape index (κ1) is 23.1. The van der Waals surface area contributed by atoms with Crippen LogP contribution in [-0.2, 0) is 10.0 Å². The number of aromatic nitrogens is 1. The van der Waals surface area contributed by atoms with E-state index in [2.05, 4.69) is 78.0 Å². The summed E-state index contributed by atoms with van der Waals surface area (Å²) < 4.78 is 6.91. The standard InChI is InChI=1S/C25H41NOSi/c1-8-9-10-11-12-13-18-25(24(3,4)5,27-28(6)7)22-17-16-21-15-14-20(2)26-23(21)19-22/h14-17,19,28H,8-13,18H2,1-7H3. The summed E-state index contributed by atoms with van der Waals surface area (Å²) in [6.07, 6.45) is 8.97. The Morgan fingerprint density at radius 3 is 2.21 bits per heavy atom. The molecule has 2 nitrogen and oxygen atoms in total. The first-order chi connectivity index (χ1) is 13.2. The van der Waals surface area contributed by atoms with Crippen LogP contribution in [0.1, 0.15) is 83.9 Å². The molecule has 1 unspecified atom stereocenters. The normalized spacial score (nSPS) is 14.6. The Hall–Kier alpha value is -1.19. The van der Waals surface area contributed by atoms with Gasteiger partial charge in [0.25, 0.3) is 0 Å². The molecule has 0 fully saturated rings. The minimum atomic E-state index is -1.23. The highest BCUT2D eigenvalue weighted by molar-refractivity contribution is 6.48. The summed E-state index contributed by atoms with van der Waals surface area (Å²) in [5.74, 6) is 0. The molecule has 28 heavy (non-hydrogen) atoms. The molecule has 3 heteroatoms. The molecular weight excluding hydrogens is 358 g/mol. The molecule has 2 aromatic rings. The summed E-state index contributed by atoms with van der Waals surface area (Å²) in [6, 6.07) is 11.1. The number of rotatable bonds is 10. The van der Waals surface area contributed by atoms with E-state index in [1.165, 1.54) is 49.5 Å². The Labute approximate surface area is 174 Å². The minimum Gasteiger partial charge on any atom is -0.411 e. The molecule has 1 aromatic heterocycles. The summed E-state index contributed by atoms with van der Waals surface area (Å²) in [7, 11) is -1.23. The number of aryl methyl sites for hydroxylation is 1. The van der Waals surface area contributed by atoms with Crippen LogP contribution in [-0.4, -0.2) is 14.0 Å². The van der Waals surface area contributed by atoms with Crippen LogP contribution in [0.4, 0.5) is 0 Å². The van der Waals surface area contributed by atoms with Gasteiger partial charge in [0.1, 0.15) is 0 Å². The van der Waals surface area contributed by atoms with Gasteiger partial charge in [0.15, 0.2) is 9.04 Å². The molecule has 0 spiro atoms. The van der Waals surface area contributed by atoms with Crippen LogP contribution in [0.15, 0.2) is 30.3 Å². The first-order valence-corrected chi connectivity index (χ1v) is 14.0. The minimum absolute atomic E-state index is 0.0329. The van der Waals surface area contributed by atoms with Gasteiger partial charge in [-0.25, -0.2) is 0 Å². The zero-order chi connectivity index (χ0) is 20.8. The monoisotopic (exact) mass is 399 g/mol. The lowest BCUT2D eigenvalue weighted by molar-refractivity contribution is -0.0505. The van der Waals surface area contributed by atoms with Gasteiger partial charge < -0.3 is 4.43 Å². The van der Waals surface area contributed by atoms with Crippen molar-refractivity contribution in [3.63, 3.8) is 0 Å². The van der Waals surface area contributed by atoms with E-state index in [9.17, 15) is 0 Å². The van der Waals surface area contributed by atoms with Crippen LogP contribution in [0.2, 0.25) is 13.1 Å². The number of hydrogen-bond acceptors (Lipinski definition) is 2. The molecule has 2 rings (SSSR count). The van der Waals surface area contributed by atoms with E-state index >= 15 is 0 Å². The van der Waals surface area contributed by atoms with Gasteiger partial charge in [0.05, 0.1) is 11.1 Å². The second-order valence-corrected chi connectivity index (χ2v) is 12.0. The van der Waals surface area contributed by atoms with Gasteiger partial charge in [0.2, 0.25) is 0 Å². The van der Waals surface area contributed by atoms with E-state index in [1.54, 1.807) is 0 Å². The Balaban J connectivity index is 2.38. The third-order valence-electron chi connectivity index (χ3n) is 5.83. The molecular formula is C25H41NOSi. The molecule has 0 N–H and O–H groups in total. The Kier molecular flexibility index (Phi) is 8.26. The molecule has 0 aliphatic rings. The third-order valence-corrected chi connectivity index (χ3v) is 6.70. The molecule has 1 aromatic carbocycles. The molecule has 0 radical (unpaired) electrons. The zero-order valence-corrected chi connectivity index (χ0v) is 20.4. The summed E-state index contributed by atoms with van der Waals surface area (Å²) in [6.45, 7) is 16.0. The molecule has 0 amide bonds. The predicted molar refractivity (Wildman–Crippen MR) is 126 cm³/mol. The van der Waals surface area contributed by atoms with Gasteiger partial charge in [-0.3, -0.25) is 4.98 Å². The average molecular weight is 400 g/mol. The highest BCUT2D eigenvalue weighted by Gasteiger charge is 2.44. The number of benzene rings is 1. The number of nitrogens with zero attached hydrogens (tertiary/aromatic N) is 1. The molecule has 156 valence electrons. The lowest BCUT2D eigenvalue weighted by atomic mass is 9.69. The summed E-state index contributed by atoms with van der Waals surface area (Å²) >= 11 is 0. The van der Waals surface area contributed by atoms with Gasteiger partial charge in [-0.15, -0.1) is 0 Å². The zero-order valence-electron chi connectivity index (χ0n) is 19.3. The molecule has 0 bridgehead atoms. The fraction of sp³-hybridized carbons (Fsp3) is 0.640. The largest absolute Gasteiger partial charge is 0.411 e. The van der Waals surface area contributed by atoms with Crippen LogP contribution in [0.3, 0.4) is 0 Å². The van der Waals surface area contributed by atoms with Crippen LogP contribution in [0.5, 0.6) is 0 Å². The Morgan fingerprint density at radius 1 is 0.929 bits per heavy atom. The van der Waals surface area contributed by atoms with Crippen molar-refractivity contribution in [1.29, 1.82) is 0 Å². The van der Waals surface area contributed by atoms with E-state index < -0.39 is 9.04 Å². The highest BCUT2D eigenvalue weighted by Crippen LogP contribution is 2.47. The number of fused-ring (bicyclic) bond motifs is 1. The van der Waals surface area contributed by atoms with Crippen molar-refractivity contribution in [2.45, 2.75) is 98.3 Å². The van der Waals surface area contributed by atoms with Crippen LogP contribution >= 0.6 is 0 Å². The Bertz CT molecular complexity index is 750. The van der Waals surface area contributed by atoms with E-state index in [1.807, 2.05) is 0 Å². The number of unbranched alkanes of at least 4 members (excludes halogenated alkanes) is 5. The smallest absolute Gasteiger partial charge is 0.172 e. The second kappa shape index (κ2) is 10.0. The maximum atomic E-state index is 6.91. The average Bonchev–Trinajstić information content (AvgIpc) is 2.61. The summed E-state index contributed by atoms with van der Waals surface area (Å²) in [5.41, 5.74) is 3.26. The lowest BCUT2D eigenvalue weighted by Gasteiger charge is -2.47. The SMILES string of the molecule is CCCCCCCCC(O[SiH](C)C)(c1ccc2ccc(C)nc2c1)C(C)(C)C. The predicted octanol–water partition coefficient (Wildman–Crippen LogP) is 7.54. The van der Waals surface area contributed by atoms with Gasteiger partial charge in [-0.1, -0.05) is 84.4 Å². The van der Waals surface area contributed by atoms with Crippen LogP contribution in [0, 0.1) is 12.3 Å². The van der Waals surface area contributed by atoms with E-state index in [0.717, 1.165) is 17.6 Å². The summed E-state index contributed by atoms with van der Waals surface area (Å²) in [5, 5.41) is 1.21. The van der Waals surface area contributed by atoms with E-state index in [0.29, 0.717) is 0 Å². The van der Waals surface area contributed by atoms with Crippen LogP contribution < -0.4 is 0 Å². The van der Waals surface area contributed by atoms with Crippen molar-refractivity contribution in [3.8, 4) is 0 Å². The van der Waals surface area contributed by atoms with Crippen molar-refractivity contribution in [2.75, 3.05) is 0 Å². The van der Waals surface area contributed by atoms with Gasteiger partial charge in [-0.2, -0.15) is 0 Å². The molecule has 0 saturated carbocycles.